The maximum absolute atomic E-state index is 12.9. The van der Waals surface area contributed by atoms with Gasteiger partial charge in [-0.2, -0.15) is 0 Å². The number of hydrogen-bond acceptors (Lipinski definition) is 5. The highest BCUT2D eigenvalue weighted by atomic mass is 32.2. The first-order valence-corrected chi connectivity index (χ1v) is 12.6. The van der Waals surface area contributed by atoms with Crippen LogP contribution in [0.5, 0.6) is 0 Å². The number of benzene rings is 2. The van der Waals surface area contributed by atoms with Crippen molar-refractivity contribution in [1.29, 1.82) is 0 Å². The van der Waals surface area contributed by atoms with Gasteiger partial charge in [0.1, 0.15) is 6.54 Å². The zero-order valence-electron chi connectivity index (χ0n) is 17.1. The predicted molar refractivity (Wildman–Crippen MR) is 115 cm³/mol. The molecule has 3 rings (SSSR count). The van der Waals surface area contributed by atoms with E-state index < -0.39 is 20.0 Å². The van der Waals surface area contributed by atoms with Crippen LogP contribution in [0.25, 0.3) is 0 Å². The Morgan fingerprint density at radius 2 is 1.57 bits per heavy atom. The normalized spacial score (nSPS) is 14.5. The van der Waals surface area contributed by atoms with Gasteiger partial charge in [0.05, 0.1) is 16.8 Å². The number of hydrogen-bond donors (Lipinski definition) is 0. The van der Waals surface area contributed by atoms with E-state index in [-0.39, 0.29) is 23.0 Å². The van der Waals surface area contributed by atoms with Crippen LogP contribution >= 0.6 is 0 Å². The fraction of sp³-hybridized carbons (Fsp3) is 0.350. The molecule has 8 nitrogen and oxygen atoms in total. The minimum absolute atomic E-state index is 0.0451. The van der Waals surface area contributed by atoms with Gasteiger partial charge >= 0.3 is 0 Å². The SMILES string of the molecule is CN(C)S(=O)(=O)c1ccc(N(CC(=O)N2CCc3ccccc3C2)S(C)(=O)=O)cc1. The zero-order valence-corrected chi connectivity index (χ0v) is 18.8. The molecule has 0 saturated heterocycles. The molecule has 1 aliphatic rings. The molecule has 2 aromatic carbocycles. The highest BCUT2D eigenvalue weighted by Crippen LogP contribution is 2.23. The molecular formula is C20H25N3O5S2. The second-order valence-electron chi connectivity index (χ2n) is 7.38. The molecule has 0 N–H and O–H groups in total. The van der Waals surface area contributed by atoms with Gasteiger partial charge in [0.25, 0.3) is 0 Å². The molecule has 162 valence electrons. The maximum Gasteiger partial charge on any atom is 0.243 e. The third-order valence-corrected chi connectivity index (χ3v) is 8.04. The summed E-state index contributed by atoms with van der Waals surface area (Å²) < 4.78 is 51.3. The van der Waals surface area contributed by atoms with E-state index >= 15 is 0 Å². The van der Waals surface area contributed by atoms with Gasteiger partial charge in [0, 0.05) is 27.2 Å². The third kappa shape index (κ3) is 4.66. The van der Waals surface area contributed by atoms with Gasteiger partial charge in [-0.05, 0) is 41.8 Å². The number of sulfonamides is 2. The first-order valence-electron chi connectivity index (χ1n) is 9.35. The summed E-state index contributed by atoms with van der Waals surface area (Å²) in [6.45, 7) is 0.612. The smallest absolute Gasteiger partial charge is 0.243 e. The lowest BCUT2D eigenvalue weighted by atomic mass is 10.00. The van der Waals surface area contributed by atoms with Gasteiger partial charge in [0.15, 0.2) is 0 Å². The van der Waals surface area contributed by atoms with E-state index in [1.807, 2.05) is 24.3 Å². The first kappa shape index (κ1) is 22.3. The molecule has 0 unspecified atom stereocenters. The first-order chi connectivity index (χ1) is 14.0. The number of amides is 1. The minimum Gasteiger partial charge on any atom is -0.336 e. The van der Waals surface area contributed by atoms with E-state index in [1.54, 1.807) is 4.90 Å². The Morgan fingerprint density at radius 3 is 2.13 bits per heavy atom. The van der Waals surface area contributed by atoms with Crippen LogP contribution in [-0.2, 0) is 37.8 Å². The number of anilines is 1. The predicted octanol–water partition coefficient (Wildman–Crippen LogP) is 1.29. The van der Waals surface area contributed by atoms with Crippen LogP contribution in [0.15, 0.2) is 53.4 Å². The number of rotatable bonds is 6. The Kier molecular flexibility index (Phi) is 6.21. The number of fused-ring (bicyclic) bond motifs is 1. The van der Waals surface area contributed by atoms with E-state index in [1.165, 1.54) is 43.9 Å². The maximum atomic E-state index is 12.9. The minimum atomic E-state index is -3.75. The van der Waals surface area contributed by atoms with Gasteiger partial charge in [0.2, 0.25) is 26.0 Å². The molecule has 2 aromatic rings. The van der Waals surface area contributed by atoms with Crippen LogP contribution in [0.1, 0.15) is 11.1 Å². The van der Waals surface area contributed by atoms with Crippen molar-refractivity contribution in [2.45, 2.75) is 17.9 Å². The quantitative estimate of drug-likeness (QED) is 0.660. The summed E-state index contributed by atoms with van der Waals surface area (Å²) in [6, 6.07) is 13.3. The number of carbonyl (C=O) groups excluding carboxylic acids is 1. The van der Waals surface area contributed by atoms with E-state index in [4.69, 9.17) is 0 Å². The second-order valence-corrected chi connectivity index (χ2v) is 11.4. The summed E-state index contributed by atoms with van der Waals surface area (Å²) >= 11 is 0. The van der Waals surface area contributed by atoms with Gasteiger partial charge in [-0.1, -0.05) is 24.3 Å². The molecular weight excluding hydrogens is 426 g/mol. The van der Waals surface area contributed by atoms with Crippen molar-refractivity contribution in [3.05, 3.63) is 59.7 Å². The monoisotopic (exact) mass is 451 g/mol. The largest absolute Gasteiger partial charge is 0.336 e. The molecule has 0 aliphatic carbocycles. The summed E-state index contributed by atoms with van der Waals surface area (Å²) in [5.41, 5.74) is 2.49. The molecule has 30 heavy (non-hydrogen) atoms. The third-order valence-electron chi connectivity index (χ3n) is 5.07. The fourth-order valence-electron chi connectivity index (χ4n) is 3.33. The van der Waals surface area contributed by atoms with Crippen LogP contribution in [0.2, 0.25) is 0 Å². The Hall–Kier alpha value is -2.43. The lowest BCUT2D eigenvalue weighted by molar-refractivity contribution is -0.130. The molecule has 1 heterocycles. The Balaban J connectivity index is 1.82. The van der Waals surface area contributed by atoms with Crippen molar-refractivity contribution >= 4 is 31.6 Å². The van der Waals surface area contributed by atoms with E-state index in [9.17, 15) is 21.6 Å². The molecule has 0 aromatic heterocycles. The summed E-state index contributed by atoms with van der Waals surface area (Å²) in [4.78, 5) is 14.6. The standard InChI is InChI=1S/C20H25N3O5S2/c1-21(2)30(27,28)19-10-8-18(9-11-19)23(29(3,25)26)15-20(24)22-13-12-16-6-4-5-7-17(16)14-22/h4-11H,12-15H2,1-3H3. The number of carbonyl (C=O) groups is 1. The average Bonchev–Trinajstić information content (AvgIpc) is 2.70. The van der Waals surface area contributed by atoms with E-state index in [0.717, 1.165) is 26.9 Å². The van der Waals surface area contributed by atoms with Gasteiger partial charge in [-0.15, -0.1) is 0 Å². The van der Waals surface area contributed by atoms with Crippen molar-refractivity contribution in [1.82, 2.24) is 9.21 Å². The molecule has 1 aliphatic heterocycles. The lowest BCUT2D eigenvalue weighted by Crippen LogP contribution is -2.44. The summed E-state index contributed by atoms with van der Waals surface area (Å²) in [6.07, 6.45) is 1.74. The molecule has 0 spiro atoms. The Morgan fingerprint density at radius 1 is 0.967 bits per heavy atom. The summed E-state index contributed by atoms with van der Waals surface area (Å²) in [5, 5.41) is 0. The van der Waals surface area contributed by atoms with Crippen LogP contribution in [0.3, 0.4) is 0 Å². The van der Waals surface area contributed by atoms with Crippen LogP contribution in [0, 0.1) is 0 Å². The zero-order chi connectivity index (χ0) is 22.1. The van der Waals surface area contributed by atoms with Crippen LogP contribution < -0.4 is 4.31 Å². The summed E-state index contributed by atoms with van der Waals surface area (Å²) in [5.74, 6) is -0.306. The van der Waals surface area contributed by atoms with Crippen molar-refractivity contribution < 1.29 is 21.6 Å². The highest BCUT2D eigenvalue weighted by molar-refractivity contribution is 7.92. The van der Waals surface area contributed by atoms with Gasteiger partial charge < -0.3 is 4.90 Å². The van der Waals surface area contributed by atoms with Crippen LogP contribution in [0.4, 0.5) is 5.69 Å². The molecule has 10 heteroatoms. The van der Waals surface area contributed by atoms with Crippen LogP contribution in [-0.4, -0.2) is 65.4 Å². The Labute approximate surface area is 177 Å². The molecule has 0 saturated carbocycles. The second kappa shape index (κ2) is 8.37. The average molecular weight is 452 g/mol. The number of nitrogens with zero attached hydrogens (tertiary/aromatic N) is 3. The van der Waals surface area contributed by atoms with Crippen molar-refractivity contribution in [2.24, 2.45) is 0 Å². The lowest BCUT2D eigenvalue weighted by Gasteiger charge is -2.31. The summed E-state index contributed by atoms with van der Waals surface area (Å²) in [7, 11) is -4.55. The molecule has 0 atom stereocenters. The van der Waals surface area contributed by atoms with Crippen molar-refractivity contribution in [3.8, 4) is 0 Å². The van der Waals surface area contributed by atoms with E-state index in [0.29, 0.717) is 13.1 Å². The van der Waals surface area contributed by atoms with Gasteiger partial charge in [-0.25, -0.2) is 21.1 Å². The molecule has 0 bridgehead atoms. The van der Waals surface area contributed by atoms with Crippen molar-refractivity contribution in [2.75, 3.05) is 37.7 Å². The van der Waals surface area contributed by atoms with E-state index in [2.05, 4.69) is 0 Å². The van der Waals surface area contributed by atoms with Gasteiger partial charge in [-0.3, -0.25) is 9.10 Å². The highest BCUT2D eigenvalue weighted by Gasteiger charge is 2.27. The molecule has 0 radical (unpaired) electrons. The van der Waals surface area contributed by atoms with Crippen molar-refractivity contribution in [3.63, 3.8) is 0 Å². The Bertz CT molecular complexity index is 1140. The topological polar surface area (TPSA) is 95.1 Å². The fourth-order valence-corrected chi connectivity index (χ4v) is 5.08. The molecule has 1 amide bonds. The molecule has 0 fully saturated rings.